The van der Waals surface area contributed by atoms with Crippen molar-refractivity contribution in [3.05, 3.63) is 219 Å². The summed E-state index contributed by atoms with van der Waals surface area (Å²) >= 11 is 0. The van der Waals surface area contributed by atoms with Gasteiger partial charge in [-0.15, -0.1) is 0 Å². The first-order valence-electron chi connectivity index (χ1n) is 30.0. The van der Waals surface area contributed by atoms with E-state index in [1.54, 1.807) is 24.8 Å². The maximum atomic E-state index is 13.1. The molecule has 0 amide bonds. The largest absolute Gasteiger partial charge is 0.481 e. The number of fused-ring (bicyclic) bond motifs is 2. The molecular formula is C69H64F10N4O12S2+2. The third-order valence-electron chi connectivity index (χ3n) is 16.8. The normalized spacial score (nSPS) is 24.4. The number of alkyl halides is 10. The van der Waals surface area contributed by atoms with Gasteiger partial charge in [0.05, 0.1) is 57.7 Å². The lowest BCUT2D eigenvalue weighted by Gasteiger charge is -2.31. The number of rotatable bonds is 11. The fourth-order valence-electron chi connectivity index (χ4n) is 12.7. The van der Waals surface area contributed by atoms with Gasteiger partial charge in [0.25, 0.3) is 17.9 Å². The number of carbonyl (C=O) groups is 5. The van der Waals surface area contributed by atoms with Crippen molar-refractivity contribution in [1.82, 2.24) is 19.1 Å². The number of ether oxygens (including phenoxy) is 3. The Labute approximate surface area is 554 Å². The average Bonchev–Trinajstić information content (AvgIpc) is 1.56. The molecule has 512 valence electrons. The Bertz CT molecular complexity index is 3500. The van der Waals surface area contributed by atoms with Crippen LogP contribution in [0.4, 0.5) is 48.7 Å². The van der Waals surface area contributed by atoms with Crippen LogP contribution >= 0.6 is 0 Å². The van der Waals surface area contributed by atoms with E-state index in [4.69, 9.17) is 19.7 Å². The van der Waals surface area contributed by atoms with Crippen molar-refractivity contribution in [3.8, 4) is 0 Å². The maximum absolute atomic E-state index is 13.1. The van der Waals surface area contributed by atoms with Crippen LogP contribution in [0.2, 0.25) is 0 Å². The number of aliphatic hydroxyl groups excluding tert-OH is 3. The number of imidazole rings is 2. The number of carboxylic acids is 1. The van der Waals surface area contributed by atoms with E-state index in [9.17, 15) is 78.1 Å². The molecule has 14 unspecified atom stereocenters. The first-order valence-corrected chi connectivity index (χ1v) is 32.5. The number of aliphatic hydroxyl groups is 3. The third-order valence-corrected chi connectivity index (χ3v) is 21.3. The second-order valence-corrected chi connectivity index (χ2v) is 27.3. The molecule has 14 rings (SSSR count). The lowest BCUT2D eigenvalue weighted by Crippen LogP contribution is -2.49. The van der Waals surface area contributed by atoms with E-state index in [1.165, 1.54) is 51.2 Å². The molecule has 4 N–H and O–H groups in total. The highest BCUT2D eigenvalue weighted by atomic mass is 32.2. The van der Waals surface area contributed by atoms with Gasteiger partial charge in [0.15, 0.2) is 29.4 Å². The van der Waals surface area contributed by atoms with E-state index in [1.807, 2.05) is 0 Å². The number of nitrogens with zero attached hydrogens (tertiary/aromatic N) is 4. The second-order valence-electron chi connectivity index (χ2n) is 23.3. The van der Waals surface area contributed by atoms with Gasteiger partial charge in [-0.25, -0.2) is 32.3 Å². The number of hydrogen-bond acceptors (Lipinski definition) is 13. The first kappa shape index (κ1) is 72.4. The van der Waals surface area contributed by atoms with Crippen LogP contribution in [0.15, 0.2) is 249 Å². The van der Waals surface area contributed by atoms with Gasteiger partial charge in [-0.2, -0.15) is 26.3 Å². The first-order chi connectivity index (χ1) is 46.0. The van der Waals surface area contributed by atoms with Crippen LogP contribution in [0.25, 0.3) is 0 Å². The summed E-state index contributed by atoms with van der Waals surface area (Å²) in [6.45, 7) is -0.000890. The molecule has 28 heteroatoms. The van der Waals surface area contributed by atoms with Crippen molar-refractivity contribution < 1.29 is 103 Å². The van der Waals surface area contributed by atoms with Crippen LogP contribution < -0.4 is 0 Å². The number of benzene rings is 6. The van der Waals surface area contributed by atoms with Crippen molar-refractivity contribution in [1.29, 1.82) is 0 Å². The quantitative estimate of drug-likeness (QED) is 0.0409. The minimum absolute atomic E-state index is 0.00512. The summed E-state index contributed by atoms with van der Waals surface area (Å²) in [5.41, 5.74) is 0. The summed E-state index contributed by atoms with van der Waals surface area (Å²) in [6.07, 6.45) is -11.1. The van der Waals surface area contributed by atoms with Gasteiger partial charge < -0.3 is 34.6 Å². The number of aliphatic carboxylic acids is 1. The van der Waals surface area contributed by atoms with E-state index in [0.29, 0.717) is 6.42 Å². The van der Waals surface area contributed by atoms with E-state index < -0.39 is 120 Å². The van der Waals surface area contributed by atoms with Crippen molar-refractivity contribution in [2.75, 3.05) is 0 Å². The molecule has 97 heavy (non-hydrogen) atoms. The minimum Gasteiger partial charge on any atom is -0.481 e. The molecule has 4 aliphatic carbocycles. The lowest BCUT2D eigenvalue weighted by atomic mass is 9.78. The molecule has 4 bridgehead atoms. The molecule has 6 aromatic carbocycles. The summed E-state index contributed by atoms with van der Waals surface area (Å²) in [5, 5.41) is 36.5. The molecule has 6 aliphatic rings. The van der Waals surface area contributed by atoms with Crippen LogP contribution in [0.5, 0.6) is 0 Å². The van der Waals surface area contributed by atoms with Crippen LogP contribution in [-0.2, 0) is 55.2 Å². The summed E-state index contributed by atoms with van der Waals surface area (Å²) < 4.78 is 138. The standard InChI is InChI=1S/2C18H15S.C13H13F5O5.C9H10O5.C7H6N4O.C4H5F5O/c2*1-4-10-16(11-5-1)19(17-12-6-2-7-13-17)18-14-8-3-9-15-18;1-12(14,15)11(13(16,17)18)23-10(21)5-3-2-4-6(5)9(20)22-8(4)7(3)19;10-6-2-1-3-5(4(2)8(11)12)9(13)14-7(3)6;12-7(10-3-1-8-5-10)11-4-2-9-6-11;1-3(5,6)2(10)4(7,8)9/h2*1-15H;3-8,11,19H,2H2,1H3;2-7,10H,1H2,(H,11,12);1-6H;2,10H,1H3/q2*+1;;;;. The molecule has 14 atom stereocenters. The van der Waals surface area contributed by atoms with Gasteiger partial charge in [0.1, 0.15) is 24.9 Å². The summed E-state index contributed by atoms with van der Waals surface area (Å²) in [7, 11) is -0.0293. The van der Waals surface area contributed by atoms with Crippen molar-refractivity contribution in [3.63, 3.8) is 0 Å². The summed E-state index contributed by atoms with van der Waals surface area (Å²) in [6, 6.07) is 64.1. The molecule has 0 spiro atoms. The van der Waals surface area contributed by atoms with E-state index >= 15 is 0 Å². The third kappa shape index (κ3) is 16.9. The van der Waals surface area contributed by atoms with Gasteiger partial charge in [0, 0.05) is 62.3 Å². The predicted molar refractivity (Wildman–Crippen MR) is 329 cm³/mol. The van der Waals surface area contributed by atoms with Crippen molar-refractivity contribution in [2.24, 2.45) is 47.3 Å². The molecule has 4 heterocycles. The van der Waals surface area contributed by atoms with Gasteiger partial charge in [-0.3, -0.25) is 28.3 Å². The fourth-order valence-corrected chi connectivity index (χ4v) is 16.9. The Kier molecular flexibility index (Phi) is 22.9. The average molecular weight is 1400 g/mol. The molecule has 16 nitrogen and oxygen atoms in total. The molecule has 8 aromatic rings. The van der Waals surface area contributed by atoms with Gasteiger partial charge in [-0.1, -0.05) is 109 Å². The number of carboxylic acid groups (broad SMARTS) is 1. The molecule has 2 aromatic heterocycles. The zero-order valence-corrected chi connectivity index (χ0v) is 52.9. The van der Waals surface area contributed by atoms with Crippen LogP contribution in [0, 0.1) is 47.3 Å². The Morgan fingerprint density at radius 3 is 1.05 bits per heavy atom. The van der Waals surface area contributed by atoms with E-state index in [-0.39, 0.29) is 59.9 Å². The monoisotopic (exact) mass is 1390 g/mol. The Morgan fingerprint density at radius 1 is 0.495 bits per heavy atom. The highest BCUT2D eigenvalue weighted by Gasteiger charge is 2.70. The Morgan fingerprint density at radius 2 is 0.804 bits per heavy atom. The van der Waals surface area contributed by atoms with E-state index in [0.717, 1.165) is 0 Å². The molecule has 2 aliphatic heterocycles. The molecule has 2 saturated heterocycles. The van der Waals surface area contributed by atoms with Gasteiger partial charge in [0.2, 0.25) is 6.10 Å². The van der Waals surface area contributed by atoms with Crippen LogP contribution in [0.1, 0.15) is 26.7 Å². The maximum Gasteiger partial charge on any atom is 0.431 e. The molecule has 4 saturated carbocycles. The number of esters is 3. The SMILES string of the molecule is CC(F)(F)C(O)C(F)(F)F.CC(F)(F)C(OC(=O)C1C2CC3C(OC(=O)C31)C2O)C(F)(F)F.O=C(O)C1C2CC3C(OC(=O)C31)C2O.O=C(n1ccnc1)n1ccnc1.c1ccc([S+](c2ccccc2)c2ccccc2)cc1.c1ccc([S+](c2ccccc2)c2ccccc2)cc1. The van der Waals surface area contributed by atoms with Gasteiger partial charge in [-0.05, 0) is 85.6 Å². The molecular weight excluding hydrogens is 1330 g/mol. The minimum atomic E-state index is -5.46. The topological polar surface area (TPSA) is 230 Å². The summed E-state index contributed by atoms with van der Waals surface area (Å²) in [5.74, 6) is -17.6. The molecule has 6 fully saturated rings. The Hall–Kier alpha value is -8.83. The number of aromatic nitrogens is 4. The zero-order chi connectivity index (χ0) is 70.1. The van der Waals surface area contributed by atoms with Crippen LogP contribution in [0.3, 0.4) is 0 Å². The lowest BCUT2D eigenvalue weighted by molar-refractivity contribution is -0.275. The van der Waals surface area contributed by atoms with Crippen molar-refractivity contribution in [2.45, 2.75) is 117 Å². The van der Waals surface area contributed by atoms with Gasteiger partial charge >= 0.3 is 42.3 Å². The fraction of sp³-hybridized carbons (Fsp3) is 0.319. The highest BCUT2D eigenvalue weighted by Crippen LogP contribution is 2.59. The zero-order valence-electron chi connectivity index (χ0n) is 51.2. The smallest absolute Gasteiger partial charge is 0.431 e. The molecule has 0 radical (unpaired) electrons. The Balaban J connectivity index is 0.000000139. The number of halogens is 10. The number of carbonyl (C=O) groups excluding carboxylic acids is 4. The van der Waals surface area contributed by atoms with Crippen molar-refractivity contribution >= 4 is 51.7 Å². The predicted octanol–water partition coefficient (Wildman–Crippen LogP) is 12.2. The van der Waals surface area contributed by atoms with E-state index in [2.05, 4.69) is 197 Å². The second kappa shape index (κ2) is 30.7. The summed E-state index contributed by atoms with van der Waals surface area (Å²) in [4.78, 5) is 73.2. The highest BCUT2D eigenvalue weighted by molar-refractivity contribution is 7.97. The number of hydrogen-bond donors (Lipinski definition) is 4. The van der Waals surface area contributed by atoms with Crippen LogP contribution in [-0.4, -0.2) is 130 Å².